The van der Waals surface area contributed by atoms with E-state index in [-0.39, 0.29) is 0 Å². The van der Waals surface area contributed by atoms with Crippen LogP contribution in [0.1, 0.15) is 16.7 Å². The summed E-state index contributed by atoms with van der Waals surface area (Å²) in [6.45, 7) is 6.42. The van der Waals surface area contributed by atoms with Crippen LogP contribution < -0.4 is 5.32 Å². The summed E-state index contributed by atoms with van der Waals surface area (Å²) in [7, 11) is 1.95. The molecular weight excluding hydrogens is 220 g/mol. The van der Waals surface area contributed by atoms with E-state index in [9.17, 15) is 0 Å². The zero-order chi connectivity index (χ0) is 13.1. The zero-order valence-corrected chi connectivity index (χ0v) is 11.5. The molecule has 2 heteroatoms. The highest BCUT2D eigenvalue weighted by molar-refractivity contribution is 6.06. The van der Waals surface area contributed by atoms with Gasteiger partial charge in [-0.25, -0.2) is 4.99 Å². The normalized spacial score (nSPS) is 18.2. The molecule has 0 fully saturated rings. The fourth-order valence-electron chi connectivity index (χ4n) is 1.99. The highest BCUT2D eigenvalue weighted by Gasteiger charge is 2.05. The molecule has 18 heavy (non-hydrogen) atoms. The molecule has 2 nitrogen and oxygen atoms in total. The fraction of sp³-hybridized carbons (Fsp3) is 0.312. The molecule has 0 saturated heterocycles. The minimum atomic E-state index is 0.324. The molecule has 1 N–H and O–H groups in total. The van der Waals surface area contributed by atoms with Crippen LogP contribution in [0.2, 0.25) is 0 Å². The van der Waals surface area contributed by atoms with Crippen molar-refractivity contribution in [2.45, 2.75) is 26.8 Å². The van der Waals surface area contributed by atoms with Crippen molar-refractivity contribution >= 4 is 11.4 Å². The van der Waals surface area contributed by atoms with Crippen molar-refractivity contribution in [2.75, 3.05) is 7.05 Å². The van der Waals surface area contributed by atoms with Gasteiger partial charge in [0.1, 0.15) is 0 Å². The standard InChI is InChI=1S/C16H20N2/c1-11-5-10-16(13(3)12(11)2)18-15-8-6-14(17-4)7-9-15/h5-10,14,17H,1-4H3. The summed E-state index contributed by atoms with van der Waals surface area (Å²) in [5, 5.41) is 3.19. The number of benzene rings is 1. The molecule has 0 spiro atoms. The number of nitrogens with one attached hydrogen (secondary N) is 1. The van der Waals surface area contributed by atoms with Gasteiger partial charge in [-0.2, -0.15) is 0 Å². The smallest absolute Gasteiger partial charge is 0.0668 e. The van der Waals surface area contributed by atoms with Gasteiger partial charge >= 0.3 is 0 Å². The van der Waals surface area contributed by atoms with Crippen LogP contribution in [-0.2, 0) is 0 Å². The predicted molar refractivity (Wildman–Crippen MR) is 78.9 cm³/mol. The molecule has 0 radical (unpaired) electrons. The molecule has 1 aliphatic rings. The highest BCUT2D eigenvalue weighted by Crippen LogP contribution is 2.24. The molecule has 1 aromatic carbocycles. The van der Waals surface area contributed by atoms with Gasteiger partial charge in [-0.3, -0.25) is 0 Å². The molecule has 0 bridgehead atoms. The Morgan fingerprint density at radius 3 is 2.28 bits per heavy atom. The van der Waals surface area contributed by atoms with E-state index in [1.165, 1.54) is 16.7 Å². The van der Waals surface area contributed by atoms with E-state index in [1.54, 1.807) is 0 Å². The first-order chi connectivity index (χ1) is 8.61. The first kappa shape index (κ1) is 12.8. The second-order valence-corrected chi connectivity index (χ2v) is 4.72. The SMILES string of the molecule is CNC1C=CC(=Nc2ccc(C)c(C)c2C)C=C1. The van der Waals surface area contributed by atoms with Crippen LogP contribution >= 0.6 is 0 Å². The maximum atomic E-state index is 4.70. The van der Waals surface area contributed by atoms with Crippen LogP contribution in [0.3, 0.4) is 0 Å². The summed E-state index contributed by atoms with van der Waals surface area (Å²) in [6.07, 6.45) is 8.37. The van der Waals surface area contributed by atoms with Gasteiger partial charge in [0.05, 0.1) is 11.4 Å². The summed E-state index contributed by atoms with van der Waals surface area (Å²) in [4.78, 5) is 4.70. The maximum absolute atomic E-state index is 4.70. The van der Waals surface area contributed by atoms with Crippen molar-refractivity contribution in [1.82, 2.24) is 5.32 Å². The number of nitrogens with zero attached hydrogens (tertiary/aromatic N) is 1. The topological polar surface area (TPSA) is 24.4 Å². The van der Waals surface area contributed by atoms with E-state index in [0.717, 1.165) is 11.4 Å². The van der Waals surface area contributed by atoms with Crippen LogP contribution in [0.15, 0.2) is 41.4 Å². The predicted octanol–water partition coefficient (Wildman–Crippen LogP) is 3.40. The van der Waals surface area contributed by atoms with Gasteiger partial charge in [0.15, 0.2) is 0 Å². The Morgan fingerprint density at radius 2 is 1.67 bits per heavy atom. The average Bonchev–Trinajstić information content (AvgIpc) is 2.40. The monoisotopic (exact) mass is 240 g/mol. The van der Waals surface area contributed by atoms with Crippen LogP contribution in [0, 0.1) is 20.8 Å². The molecule has 0 aromatic heterocycles. The van der Waals surface area contributed by atoms with Crippen molar-refractivity contribution in [3.8, 4) is 0 Å². The summed E-state index contributed by atoms with van der Waals surface area (Å²) >= 11 is 0. The second kappa shape index (κ2) is 5.32. The number of hydrogen-bond acceptors (Lipinski definition) is 2. The van der Waals surface area contributed by atoms with E-state index in [4.69, 9.17) is 4.99 Å². The lowest BCUT2D eigenvalue weighted by Crippen LogP contribution is -2.22. The Bertz CT molecular complexity index is 520. The number of allylic oxidation sites excluding steroid dienone is 2. The van der Waals surface area contributed by atoms with Crippen molar-refractivity contribution in [1.29, 1.82) is 0 Å². The Kier molecular flexibility index (Phi) is 3.78. The summed E-state index contributed by atoms with van der Waals surface area (Å²) in [6, 6.07) is 4.55. The van der Waals surface area contributed by atoms with E-state index in [2.05, 4.69) is 62.5 Å². The van der Waals surface area contributed by atoms with E-state index in [0.29, 0.717) is 6.04 Å². The van der Waals surface area contributed by atoms with Crippen molar-refractivity contribution < 1.29 is 0 Å². The van der Waals surface area contributed by atoms with Gasteiger partial charge in [0.25, 0.3) is 0 Å². The Labute approximate surface area is 109 Å². The number of likely N-dealkylation sites (N-methyl/N-ethyl adjacent to an activating group) is 1. The summed E-state index contributed by atoms with van der Waals surface area (Å²) < 4.78 is 0. The average molecular weight is 240 g/mol. The molecule has 94 valence electrons. The van der Waals surface area contributed by atoms with Crippen LogP contribution in [0.25, 0.3) is 0 Å². The Hall–Kier alpha value is -1.67. The van der Waals surface area contributed by atoms with Gasteiger partial charge in [-0.15, -0.1) is 0 Å². The van der Waals surface area contributed by atoms with Gasteiger partial charge in [0.2, 0.25) is 0 Å². The number of aliphatic imine (C=N–C) groups is 1. The highest BCUT2D eigenvalue weighted by atomic mass is 14.9. The molecule has 0 amide bonds. The lowest BCUT2D eigenvalue weighted by molar-refractivity contribution is 0.789. The van der Waals surface area contributed by atoms with Crippen molar-refractivity contribution in [3.63, 3.8) is 0 Å². The van der Waals surface area contributed by atoms with Crippen LogP contribution in [-0.4, -0.2) is 18.8 Å². The third-order valence-electron chi connectivity index (χ3n) is 3.56. The number of aryl methyl sites for hydroxylation is 1. The van der Waals surface area contributed by atoms with Crippen LogP contribution in [0.4, 0.5) is 5.69 Å². The summed E-state index contributed by atoms with van der Waals surface area (Å²) in [5.74, 6) is 0. The lowest BCUT2D eigenvalue weighted by atomic mass is 10.0. The Morgan fingerprint density at radius 1 is 1.00 bits per heavy atom. The molecule has 1 aliphatic carbocycles. The second-order valence-electron chi connectivity index (χ2n) is 4.72. The summed E-state index contributed by atoms with van der Waals surface area (Å²) in [5.41, 5.74) is 5.98. The van der Waals surface area contributed by atoms with E-state index < -0.39 is 0 Å². The first-order valence-electron chi connectivity index (χ1n) is 6.31. The zero-order valence-electron chi connectivity index (χ0n) is 11.5. The minimum Gasteiger partial charge on any atom is -0.310 e. The van der Waals surface area contributed by atoms with Gasteiger partial charge < -0.3 is 5.32 Å². The third-order valence-corrected chi connectivity index (χ3v) is 3.56. The van der Waals surface area contributed by atoms with Crippen LogP contribution in [0.5, 0.6) is 0 Å². The molecule has 2 rings (SSSR count). The Balaban J connectivity index is 2.30. The molecule has 0 aliphatic heterocycles. The number of rotatable bonds is 2. The first-order valence-corrected chi connectivity index (χ1v) is 6.31. The van der Waals surface area contributed by atoms with Crippen molar-refractivity contribution in [3.05, 3.63) is 53.1 Å². The fourth-order valence-corrected chi connectivity index (χ4v) is 1.99. The van der Waals surface area contributed by atoms with Gasteiger partial charge in [-0.05, 0) is 62.7 Å². The maximum Gasteiger partial charge on any atom is 0.0668 e. The largest absolute Gasteiger partial charge is 0.310 e. The number of hydrogen-bond donors (Lipinski definition) is 1. The molecule has 0 unspecified atom stereocenters. The molecule has 0 atom stereocenters. The molecule has 1 aromatic rings. The quantitative estimate of drug-likeness (QED) is 0.842. The molecule has 0 heterocycles. The molecular formula is C16H20N2. The van der Waals surface area contributed by atoms with E-state index in [1.807, 2.05) is 7.05 Å². The van der Waals surface area contributed by atoms with Crippen molar-refractivity contribution in [2.24, 2.45) is 4.99 Å². The molecule has 0 saturated carbocycles. The van der Waals surface area contributed by atoms with E-state index >= 15 is 0 Å². The minimum absolute atomic E-state index is 0.324. The van der Waals surface area contributed by atoms with Gasteiger partial charge in [-0.1, -0.05) is 18.2 Å². The van der Waals surface area contributed by atoms with Gasteiger partial charge in [0, 0.05) is 6.04 Å². The third kappa shape index (κ3) is 2.59. The lowest BCUT2D eigenvalue weighted by Gasteiger charge is -2.11.